The second-order valence-corrected chi connectivity index (χ2v) is 11.6. The fraction of sp³-hybridized carbons (Fsp3) is 0.333. The lowest BCUT2D eigenvalue weighted by atomic mass is 9.96. The van der Waals surface area contributed by atoms with E-state index in [1.807, 2.05) is 32.9 Å². The minimum Gasteiger partial charge on any atom is -0.487 e. The van der Waals surface area contributed by atoms with Crippen molar-refractivity contribution in [2.75, 3.05) is 19.6 Å². The molecule has 43 heavy (non-hydrogen) atoms. The molecule has 1 saturated heterocycles. The zero-order valence-electron chi connectivity index (χ0n) is 23.7. The van der Waals surface area contributed by atoms with Crippen molar-refractivity contribution >= 4 is 41.1 Å². The van der Waals surface area contributed by atoms with Crippen molar-refractivity contribution in [3.05, 3.63) is 82.2 Å². The van der Waals surface area contributed by atoms with Gasteiger partial charge in [0.05, 0.1) is 17.8 Å². The van der Waals surface area contributed by atoms with Gasteiger partial charge in [-0.3, -0.25) is 24.3 Å². The van der Waals surface area contributed by atoms with E-state index in [0.717, 1.165) is 5.56 Å². The number of carbonyl (C=O) groups is 4. The average Bonchev–Trinajstić information content (AvgIpc) is 3.60. The third kappa shape index (κ3) is 6.54. The summed E-state index contributed by atoms with van der Waals surface area (Å²) in [6, 6.07) is 9.81. The molecule has 5 rings (SSSR count). The summed E-state index contributed by atoms with van der Waals surface area (Å²) >= 11 is 6.18. The van der Waals surface area contributed by atoms with Crippen LogP contribution in [0.2, 0.25) is 5.02 Å². The van der Waals surface area contributed by atoms with E-state index in [2.05, 4.69) is 10.5 Å². The summed E-state index contributed by atoms with van der Waals surface area (Å²) in [7, 11) is 0. The molecule has 1 fully saturated rings. The Kier molecular flexibility index (Phi) is 8.23. The molecule has 3 aromatic rings. The Hall–Kier alpha value is -4.71. The third-order valence-corrected chi connectivity index (χ3v) is 7.11. The van der Waals surface area contributed by atoms with Gasteiger partial charge in [0.2, 0.25) is 5.91 Å². The maximum Gasteiger partial charge on any atom is 0.326 e. The molecule has 224 valence electrons. The van der Waals surface area contributed by atoms with Gasteiger partial charge in [0.25, 0.3) is 0 Å². The number of carbonyl (C=O) groups excluding carboxylic acids is 3. The molecule has 12 nitrogen and oxygen atoms in total. The Bertz CT molecular complexity index is 1580. The molecule has 3 heterocycles. The number of urea groups is 1. The van der Waals surface area contributed by atoms with Crippen molar-refractivity contribution in [3.63, 3.8) is 0 Å². The van der Waals surface area contributed by atoms with E-state index >= 15 is 0 Å². The second kappa shape index (κ2) is 11.9. The number of aliphatic imine (C=N–C) groups is 1. The molecule has 2 aromatic carbocycles. The van der Waals surface area contributed by atoms with E-state index < -0.39 is 41.9 Å². The van der Waals surface area contributed by atoms with Gasteiger partial charge in [-0.05, 0) is 50.6 Å². The number of hydrogen-bond donors (Lipinski definition) is 2. The summed E-state index contributed by atoms with van der Waals surface area (Å²) in [5.74, 6) is -1.67. The molecule has 0 aliphatic carbocycles. The Morgan fingerprint density at radius 2 is 1.88 bits per heavy atom. The van der Waals surface area contributed by atoms with Gasteiger partial charge in [-0.1, -0.05) is 35.0 Å². The standard InChI is InChI=1S/C30H30ClN5O7/c1-30(2,3)43-23-12-18(22(37)13-25(39)40)6-9-21(23)28-34-26(17-4-7-20(31)8-5-17)27(19-14-33-42-16-19)36(28)29(41)35-11-10-32-24(38)15-35/h4-9,12,14,16,26-27H,10-11,13,15H2,1-3H3,(H,32,38)(H,39,40)/t26-,27+/m0/s1. The molecule has 0 bridgehead atoms. The maximum absolute atomic E-state index is 14.3. The number of amides is 3. The van der Waals surface area contributed by atoms with Crippen molar-refractivity contribution < 1.29 is 33.5 Å². The van der Waals surface area contributed by atoms with E-state index in [0.29, 0.717) is 22.7 Å². The zero-order valence-corrected chi connectivity index (χ0v) is 24.5. The number of ketones is 1. The molecule has 13 heteroatoms. The minimum absolute atomic E-state index is 0.138. The number of halogens is 1. The van der Waals surface area contributed by atoms with E-state index in [4.69, 9.17) is 25.9 Å². The van der Waals surface area contributed by atoms with Gasteiger partial charge in [-0.15, -0.1) is 0 Å². The van der Waals surface area contributed by atoms with Gasteiger partial charge in [-0.2, -0.15) is 0 Å². The quantitative estimate of drug-likeness (QED) is 0.298. The molecular formula is C30H30ClN5O7. The molecule has 2 aliphatic heterocycles. The largest absolute Gasteiger partial charge is 0.487 e. The molecule has 0 saturated carbocycles. The topological polar surface area (TPSA) is 155 Å². The van der Waals surface area contributed by atoms with Crippen LogP contribution in [0.3, 0.4) is 0 Å². The number of carboxylic acid groups (broad SMARTS) is 1. The Balaban J connectivity index is 1.69. The lowest BCUT2D eigenvalue weighted by Crippen LogP contribution is -2.55. The van der Waals surface area contributed by atoms with Crippen molar-refractivity contribution in [2.24, 2.45) is 4.99 Å². The van der Waals surface area contributed by atoms with Crippen molar-refractivity contribution in [2.45, 2.75) is 44.9 Å². The van der Waals surface area contributed by atoms with E-state index in [1.165, 1.54) is 34.4 Å². The summed E-state index contributed by atoms with van der Waals surface area (Å²) in [5, 5.41) is 16.3. The summed E-state index contributed by atoms with van der Waals surface area (Å²) < 4.78 is 11.4. The highest BCUT2D eigenvalue weighted by Gasteiger charge is 2.46. The normalized spacial score (nSPS) is 18.7. The number of aliphatic carboxylic acids is 1. The summed E-state index contributed by atoms with van der Waals surface area (Å²) in [6.07, 6.45) is 2.26. The highest BCUT2D eigenvalue weighted by molar-refractivity contribution is 6.30. The Morgan fingerprint density at radius 3 is 2.51 bits per heavy atom. The van der Waals surface area contributed by atoms with E-state index in [-0.39, 0.29) is 36.1 Å². The number of nitrogens with zero attached hydrogens (tertiary/aromatic N) is 4. The summed E-state index contributed by atoms with van der Waals surface area (Å²) in [5.41, 5.74) is 1.13. The number of rotatable bonds is 7. The fourth-order valence-electron chi connectivity index (χ4n) is 5.04. The van der Waals surface area contributed by atoms with Gasteiger partial charge in [-0.25, -0.2) is 4.79 Å². The predicted molar refractivity (Wildman–Crippen MR) is 155 cm³/mol. The van der Waals surface area contributed by atoms with Crippen LogP contribution < -0.4 is 10.1 Å². The van der Waals surface area contributed by atoms with Gasteiger partial charge in [0.15, 0.2) is 5.78 Å². The van der Waals surface area contributed by atoms with Crippen LogP contribution in [0.15, 0.2) is 64.4 Å². The van der Waals surface area contributed by atoms with E-state index in [1.54, 1.807) is 18.2 Å². The molecule has 0 unspecified atom stereocenters. The highest BCUT2D eigenvalue weighted by atomic mass is 35.5. The second-order valence-electron chi connectivity index (χ2n) is 11.2. The molecule has 3 amide bonds. The van der Waals surface area contributed by atoms with Crippen molar-refractivity contribution in [3.8, 4) is 5.75 Å². The molecule has 2 atom stereocenters. The van der Waals surface area contributed by atoms with Crippen LogP contribution in [0.25, 0.3) is 0 Å². The monoisotopic (exact) mass is 607 g/mol. The van der Waals surface area contributed by atoms with Crippen LogP contribution in [-0.4, -0.2) is 74.8 Å². The number of benzene rings is 2. The summed E-state index contributed by atoms with van der Waals surface area (Å²) in [4.78, 5) is 58.5. The molecule has 0 spiro atoms. The van der Waals surface area contributed by atoms with Crippen LogP contribution in [0.5, 0.6) is 5.75 Å². The van der Waals surface area contributed by atoms with Crippen LogP contribution in [-0.2, 0) is 9.59 Å². The first-order chi connectivity index (χ1) is 20.4. The average molecular weight is 608 g/mol. The molecule has 2 N–H and O–H groups in total. The Labute approximate surface area is 252 Å². The van der Waals surface area contributed by atoms with Crippen LogP contribution in [0.4, 0.5) is 4.79 Å². The van der Waals surface area contributed by atoms with Crippen LogP contribution in [0, 0.1) is 0 Å². The first-order valence-corrected chi connectivity index (χ1v) is 13.9. The first-order valence-electron chi connectivity index (χ1n) is 13.6. The molecule has 0 radical (unpaired) electrons. The number of carboxylic acids is 1. The number of hydrogen-bond acceptors (Lipinski definition) is 8. The highest BCUT2D eigenvalue weighted by Crippen LogP contribution is 2.45. The number of nitrogens with one attached hydrogen (secondary N) is 1. The van der Waals surface area contributed by atoms with Crippen LogP contribution >= 0.6 is 11.6 Å². The number of piperazine rings is 1. The van der Waals surface area contributed by atoms with E-state index in [9.17, 15) is 24.3 Å². The van der Waals surface area contributed by atoms with Crippen LogP contribution in [0.1, 0.15) is 66.3 Å². The number of aromatic nitrogens is 1. The SMILES string of the molecule is CC(C)(C)Oc1cc(C(=O)CC(=O)O)ccc1C1=N[C@@H](c2ccc(Cl)cc2)[C@@H](c2cnoc2)N1C(=O)N1CCNC(=O)C1. The molecule has 1 aromatic heterocycles. The van der Waals surface area contributed by atoms with Gasteiger partial charge in [0, 0.05) is 29.2 Å². The first kappa shape index (κ1) is 29.8. The lowest BCUT2D eigenvalue weighted by Gasteiger charge is -2.35. The minimum atomic E-state index is -1.25. The number of ether oxygens (including phenoxy) is 1. The predicted octanol–water partition coefficient (Wildman–Crippen LogP) is 4.26. The van der Waals surface area contributed by atoms with Gasteiger partial charge >= 0.3 is 12.0 Å². The Morgan fingerprint density at radius 1 is 1.14 bits per heavy atom. The van der Waals surface area contributed by atoms with Crippen molar-refractivity contribution in [1.82, 2.24) is 20.3 Å². The summed E-state index contributed by atoms with van der Waals surface area (Å²) in [6.45, 7) is 5.91. The van der Waals surface area contributed by atoms with Crippen molar-refractivity contribution in [1.29, 1.82) is 0 Å². The van der Waals surface area contributed by atoms with Gasteiger partial charge in [0.1, 0.15) is 42.5 Å². The molecular weight excluding hydrogens is 578 g/mol. The van der Waals surface area contributed by atoms with Gasteiger partial charge < -0.3 is 24.6 Å². The maximum atomic E-state index is 14.3. The fourth-order valence-corrected chi connectivity index (χ4v) is 5.17. The molecule has 2 aliphatic rings. The zero-order chi connectivity index (χ0) is 30.9. The lowest BCUT2D eigenvalue weighted by molar-refractivity contribution is -0.136. The number of amidine groups is 1. The third-order valence-electron chi connectivity index (χ3n) is 6.86. The smallest absolute Gasteiger partial charge is 0.326 e. The number of Topliss-reactive ketones (excluding diaryl/α,β-unsaturated/α-hetero) is 1.